The summed E-state index contributed by atoms with van der Waals surface area (Å²) in [5.41, 5.74) is 1.35. The van der Waals surface area contributed by atoms with Gasteiger partial charge in [0.15, 0.2) is 6.61 Å². The first-order valence-electron chi connectivity index (χ1n) is 14.1. The van der Waals surface area contributed by atoms with Crippen LogP contribution >= 0.6 is 0 Å². The summed E-state index contributed by atoms with van der Waals surface area (Å²) in [7, 11) is 0. The van der Waals surface area contributed by atoms with Gasteiger partial charge in [0, 0.05) is 31.3 Å². The van der Waals surface area contributed by atoms with Gasteiger partial charge >= 0.3 is 0 Å². The number of alkyl halides is 1. The first-order chi connectivity index (χ1) is 20.0. The van der Waals surface area contributed by atoms with E-state index in [1.807, 2.05) is 24.3 Å². The SMILES string of the molecule is O=C1COc2cc(OCC3CC3)cc(c2)C(=O)N[C@H]2CN(CCCCCF)C[C@@H]2Oc2ccc(cc2)CN1.O=CO. The maximum atomic E-state index is 13.4. The second-order valence-electron chi connectivity index (χ2n) is 10.5. The van der Waals surface area contributed by atoms with Crippen LogP contribution in [0.5, 0.6) is 17.2 Å². The standard InChI is InChI=1S/C29H36FN3O5.CH2O2/c30-10-2-1-3-11-33-16-26-27(17-33)38-23-8-6-20(7-9-23)15-31-28(34)19-37-25-13-22(29(35)32-26)12-24(14-25)36-18-21-4-5-21;2-1-3/h6-9,12-14,21,26-27H,1-5,10-11,15-19H2,(H,31,34)(H,32,35);1H,(H,2,3)/t26-,27-;/m0./s1. The number of carbonyl (C=O) groups is 3. The van der Waals surface area contributed by atoms with Crippen LogP contribution in [0.25, 0.3) is 0 Å². The van der Waals surface area contributed by atoms with Crippen molar-refractivity contribution in [3.8, 4) is 17.2 Å². The van der Waals surface area contributed by atoms with Gasteiger partial charge < -0.3 is 30.0 Å². The summed E-state index contributed by atoms with van der Waals surface area (Å²) in [6, 6.07) is 12.4. The summed E-state index contributed by atoms with van der Waals surface area (Å²) in [6.45, 7) is 2.39. The van der Waals surface area contributed by atoms with Crippen LogP contribution in [0, 0.1) is 5.92 Å². The fourth-order valence-corrected chi connectivity index (χ4v) is 4.78. The van der Waals surface area contributed by atoms with Gasteiger partial charge in [-0.2, -0.15) is 0 Å². The van der Waals surface area contributed by atoms with Crippen molar-refractivity contribution in [1.29, 1.82) is 0 Å². The van der Waals surface area contributed by atoms with Gasteiger partial charge in [0.2, 0.25) is 0 Å². The molecule has 3 heterocycles. The Bertz CT molecular complexity index is 1160. The topological polar surface area (TPSA) is 126 Å². The van der Waals surface area contributed by atoms with Gasteiger partial charge in [0.1, 0.15) is 23.4 Å². The number of hydrogen-bond donors (Lipinski definition) is 3. The number of nitrogens with one attached hydrogen (secondary N) is 2. The molecule has 4 bridgehead atoms. The highest BCUT2D eigenvalue weighted by molar-refractivity contribution is 5.95. The Morgan fingerprint density at radius 3 is 2.56 bits per heavy atom. The second-order valence-corrected chi connectivity index (χ2v) is 10.5. The third-order valence-electron chi connectivity index (χ3n) is 7.16. The molecule has 0 radical (unpaired) electrons. The number of nitrogens with zero attached hydrogens (tertiary/aromatic N) is 1. The van der Waals surface area contributed by atoms with E-state index in [0.717, 1.165) is 37.8 Å². The van der Waals surface area contributed by atoms with Crippen molar-refractivity contribution in [2.45, 2.75) is 50.8 Å². The number of ether oxygens (including phenoxy) is 3. The molecule has 0 aromatic heterocycles. The van der Waals surface area contributed by atoms with E-state index in [1.54, 1.807) is 18.2 Å². The van der Waals surface area contributed by atoms with E-state index in [4.69, 9.17) is 24.1 Å². The molecule has 3 aliphatic heterocycles. The number of rotatable bonds is 8. The lowest BCUT2D eigenvalue weighted by molar-refractivity contribution is -0.123. The van der Waals surface area contributed by atoms with Gasteiger partial charge in [0.25, 0.3) is 18.3 Å². The van der Waals surface area contributed by atoms with Crippen LogP contribution < -0.4 is 24.8 Å². The smallest absolute Gasteiger partial charge is 0.290 e. The Morgan fingerprint density at radius 2 is 1.83 bits per heavy atom. The van der Waals surface area contributed by atoms with Crippen molar-refractivity contribution in [1.82, 2.24) is 15.5 Å². The van der Waals surface area contributed by atoms with Crippen molar-refractivity contribution in [3.05, 3.63) is 53.6 Å². The number of carbonyl (C=O) groups excluding carboxylic acids is 2. The number of likely N-dealkylation sites (tertiary alicyclic amines) is 1. The minimum absolute atomic E-state index is 0.170. The zero-order valence-corrected chi connectivity index (χ0v) is 23.1. The van der Waals surface area contributed by atoms with Crippen LogP contribution in [0.4, 0.5) is 4.39 Å². The van der Waals surface area contributed by atoms with Crippen LogP contribution in [-0.2, 0) is 16.1 Å². The van der Waals surface area contributed by atoms with Crippen LogP contribution in [0.3, 0.4) is 0 Å². The number of fused-ring (bicyclic) bond motifs is 7. The number of carboxylic acid groups (broad SMARTS) is 1. The fraction of sp³-hybridized carbons (Fsp3) is 0.500. The summed E-state index contributed by atoms with van der Waals surface area (Å²) in [5.74, 6) is 1.69. The minimum atomic E-state index is -0.292. The zero-order chi connectivity index (χ0) is 29.0. The van der Waals surface area contributed by atoms with E-state index in [2.05, 4.69) is 15.5 Å². The fourth-order valence-electron chi connectivity index (χ4n) is 4.78. The monoisotopic (exact) mass is 571 g/mol. The molecule has 4 aliphatic rings. The molecule has 41 heavy (non-hydrogen) atoms. The summed E-state index contributed by atoms with van der Waals surface area (Å²) in [5, 5.41) is 12.9. The maximum absolute atomic E-state index is 13.4. The molecule has 2 fully saturated rings. The number of halogens is 1. The number of hydrogen-bond acceptors (Lipinski definition) is 7. The van der Waals surface area contributed by atoms with E-state index in [9.17, 15) is 14.0 Å². The molecular formula is C30H38FN3O7. The van der Waals surface area contributed by atoms with Crippen LogP contribution in [-0.4, -0.2) is 80.0 Å². The molecule has 2 amide bonds. The van der Waals surface area contributed by atoms with Gasteiger partial charge in [-0.1, -0.05) is 12.1 Å². The van der Waals surface area contributed by atoms with Gasteiger partial charge in [0.05, 0.1) is 19.3 Å². The largest absolute Gasteiger partial charge is 0.493 e. The average Bonchev–Trinajstić information content (AvgIpc) is 3.73. The summed E-state index contributed by atoms with van der Waals surface area (Å²) in [4.78, 5) is 36.5. The number of amides is 2. The Hall–Kier alpha value is -3.86. The van der Waals surface area contributed by atoms with E-state index in [-0.39, 0.29) is 43.7 Å². The van der Waals surface area contributed by atoms with E-state index in [0.29, 0.717) is 61.4 Å². The number of benzene rings is 2. The van der Waals surface area contributed by atoms with Crippen LogP contribution in [0.2, 0.25) is 0 Å². The van der Waals surface area contributed by atoms with Gasteiger partial charge in [-0.05, 0) is 74.4 Å². The van der Waals surface area contributed by atoms with Gasteiger partial charge in [-0.25, -0.2) is 0 Å². The lowest BCUT2D eigenvalue weighted by Gasteiger charge is -2.22. The van der Waals surface area contributed by atoms with Crippen molar-refractivity contribution < 1.29 is 38.1 Å². The molecule has 2 aromatic carbocycles. The first kappa shape index (κ1) is 30.1. The normalized spacial score (nSPS) is 20.7. The van der Waals surface area contributed by atoms with Gasteiger partial charge in [-0.15, -0.1) is 0 Å². The van der Waals surface area contributed by atoms with E-state index < -0.39 is 0 Å². The molecule has 0 spiro atoms. The van der Waals surface area contributed by atoms with Gasteiger partial charge in [-0.3, -0.25) is 23.7 Å². The zero-order valence-electron chi connectivity index (χ0n) is 23.1. The highest BCUT2D eigenvalue weighted by atomic mass is 19.1. The lowest BCUT2D eigenvalue weighted by Crippen LogP contribution is -2.45. The highest BCUT2D eigenvalue weighted by Crippen LogP contribution is 2.31. The molecule has 2 atom stereocenters. The van der Waals surface area contributed by atoms with Crippen LogP contribution in [0.15, 0.2) is 42.5 Å². The molecule has 1 aliphatic carbocycles. The molecule has 3 N–H and O–H groups in total. The minimum Gasteiger partial charge on any atom is -0.493 e. The predicted molar refractivity (Wildman–Crippen MR) is 149 cm³/mol. The second kappa shape index (κ2) is 15.2. The highest BCUT2D eigenvalue weighted by Gasteiger charge is 2.35. The predicted octanol–water partition coefficient (Wildman–Crippen LogP) is 3.19. The molecule has 1 saturated heterocycles. The molecule has 11 heteroatoms. The van der Waals surface area contributed by atoms with E-state index in [1.165, 1.54) is 0 Å². The van der Waals surface area contributed by atoms with Crippen molar-refractivity contribution in [3.63, 3.8) is 0 Å². The Balaban J connectivity index is 0.00000124. The average molecular weight is 572 g/mol. The van der Waals surface area contributed by atoms with Crippen LogP contribution in [0.1, 0.15) is 48.0 Å². The third-order valence-corrected chi connectivity index (χ3v) is 7.16. The molecule has 1 saturated carbocycles. The summed E-state index contributed by atoms with van der Waals surface area (Å²) >= 11 is 0. The Labute approximate surface area is 239 Å². The molecule has 10 nitrogen and oxygen atoms in total. The molecular weight excluding hydrogens is 533 g/mol. The quantitative estimate of drug-likeness (QED) is 0.326. The number of unbranched alkanes of at least 4 members (excludes halogenated alkanes) is 2. The molecule has 0 unspecified atom stereocenters. The molecule has 6 rings (SSSR count). The van der Waals surface area contributed by atoms with E-state index >= 15 is 0 Å². The molecule has 2 aromatic rings. The Morgan fingerprint density at radius 1 is 1.05 bits per heavy atom. The summed E-state index contributed by atoms with van der Waals surface area (Å²) < 4.78 is 30.6. The van der Waals surface area contributed by atoms with Crippen molar-refractivity contribution in [2.75, 3.05) is 39.5 Å². The summed E-state index contributed by atoms with van der Waals surface area (Å²) in [6.07, 6.45) is 4.37. The first-order valence-corrected chi connectivity index (χ1v) is 14.1. The third kappa shape index (κ3) is 9.63. The maximum Gasteiger partial charge on any atom is 0.290 e. The Kier molecular flexibility index (Phi) is 11.2. The van der Waals surface area contributed by atoms with Crippen molar-refractivity contribution >= 4 is 18.3 Å². The van der Waals surface area contributed by atoms with Crippen molar-refractivity contribution in [2.24, 2.45) is 5.92 Å². The molecule has 222 valence electrons. The lowest BCUT2D eigenvalue weighted by atomic mass is 10.1.